The number of anilines is 1. The summed E-state index contributed by atoms with van der Waals surface area (Å²) in [6, 6.07) is 4.98. The van der Waals surface area contributed by atoms with E-state index < -0.39 is 27.7 Å². The van der Waals surface area contributed by atoms with Gasteiger partial charge in [0.15, 0.2) is 0 Å². The van der Waals surface area contributed by atoms with Gasteiger partial charge in [0.1, 0.15) is 10.6 Å². The number of rotatable bonds is 5. The van der Waals surface area contributed by atoms with Gasteiger partial charge in [-0.15, -0.1) is 0 Å². The Kier molecular flexibility index (Phi) is 6.38. The molecule has 1 aromatic heterocycles. The molecule has 1 saturated heterocycles. The van der Waals surface area contributed by atoms with Gasteiger partial charge in [0.05, 0.1) is 12.2 Å². The molecule has 31 heavy (non-hydrogen) atoms. The lowest BCUT2D eigenvalue weighted by molar-refractivity contribution is -0.137. The van der Waals surface area contributed by atoms with E-state index in [0.29, 0.717) is 11.4 Å². The summed E-state index contributed by atoms with van der Waals surface area (Å²) in [6.07, 6.45) is -4.44. The first kappa shape index (κ1) is 23.1. The summed E-state index contributed by atoms with van der Waals surface area (Å²) in [5, 5.41) is 0. The lowest BCUT2D eigenvalue weighted by Gasteiger charge is -2.35. The highest BCUT2D eigenvalue weighted by atomic mass is 32.2. The number of aromatic nitrogens is 1. The van der Waals surface area contributed by atoms with E-state index in [4.69, 9.17) is 4.74 Å². The van der Waals surface area contributed by atoms with Crippen LogP contribution in [0, 0.1) is 13.8 Å². The number of aromatic amines is 1. The quantitative estimate of drug-likeness (QED) is 0.694. The third-order valence-electron chi connectivity index (χ3n) is 5.22. The number of carbonyl (C=O) groups is 1. The minimum absolute atomic E-state index is 0.0306. The van der Waals surface area contributed by atoms with Crippen molar-refractivity contribution in [3.8, 4) is 0 Å². The van der Waals surface area contributed by atoms with Crippen LogP contribution in [0.2, 0.25) is 0 Å². The van der Waals surface area contributed by atoms with Gasteiger partial charge < -0.3 is 14.6 Å². The zero-order valence-corrected chi connectivity index (χ0v) is 18.2. The SMILES string of the molecule is CCOC(=O)c1[nH]c(C)c(S(=O)(=O)N2CCN(c3cccc(C(F)(F)F)c3)CC2)c1C. The average molecular weight is 459 g/mol. The molecule has 1 aliphatic heterocycles. The lowest BCUT2D eigenvalue weighted by atomic mass is 10.1. The maximum absolute atomic E-state index is 13.2. The molecule has 0 aliphatic carbocycles. The fraction of sp³-hybridized carbons (Fsp3) is 0.450. The van der Waals surface area contributed by atoms with E-state index in [9.17, 15) is 26.4 Å². The van der Waals surface area contributed by atoms with Crippen molar-refractivity contribution in [2.75, 3.05) is 37.7 Å². The van der Waals surface area contributed by atoms with Crippen LogP contribution in [-0.2, 0) is 20.9 Å². The standard InChI is InChI=1S/C20H24F3N3O4S/c1-4-30-19(27)17-13(2)18(14(3)24-17)31(28,29)26-10-8-25(9-11-26)16-7-5-6-15(12-16)20(21,22)23/h5-7,12,24H,4,8-11H2,1-3H3. The van der Waals surface area contributed by atoms with Crippen molar-refractivity contribution in [2.45, 2.75) is 31.8 Å². The van der Waals surface area contributed by atoms with Gasteiger partial charge in [-0.2, -0.15) is 17.5 Å². The van der Waals surface area contributed by atoms with Crippen molar-refractivity contribution < 1.29 is 31.1 Å². The molecule has 1 aromatic carbocycles. The molecular formula is C20H24F3N3O4S. The molecule has 1 aliphatic rings. The van der Waals surface area contributed by atoms with E-state index >= 15 is 0 Å². The maximum Gasteiger partial charge on any atom is 0.416 e. The van der Waals surface area contributed by atoms with Crippen LogP contribution in [0.4, 0.5) is 18.9 Å². The number of nitrogens with one attached hydrogen (secondary N) is 1. The number of hydrogen-bond donors (Lipinski definition) is 1. The Morgan fingerprint density at radius 3 is 2.39 bits per heavy atom. The monoisotopic (exact) mass is 459 g/mol. The van der Waals surface area contributed by atoms with Gasteiger partial charge in [0.2, 0.25) is 10.0 Å². The Morgan fingerprint density at radius 2 is 1.81 bits per heavy atom. The summed E-state index contributed by atoms with van der Waals surface area (Å²) in [5.41, 5.74) is 0.369. The number of sulfonamides is 1. The predicted octanol–water partition coefficient (Wildman–Crippen LogP) is 3.34. The molecule has 1 N–H and O–H groups in total. The number of H-pyrrole nitrogens is 1. The first-order valence-electron chi connectivity index (χ1n) is 9.75. The van der Waals surface area contributed by atoms with Gasteiger partial charge >= 0.3 is 12.1 Å². The Balaban J connectivity index is 1.79. The minimum atomic E-state index is -4.44. The number of esters is 1. The van der Waals surface area contributed by atoms with E-state index in [1.54, 1.807) is 31.7 Å². The van der Waals surface area contributed by atoms with E-state index in [2.05, 4.69) is 4.98 Å². The van der Waals surface area contributed by atoms with Crippen LogP contribution in [0.1, 0.15) is 34.2 Å². The number of aryl methyl sites for hydroxylation is 1. The van der Waals surface area contributed by atoms with Gasteiger partial charge in [0, 0.05) is 43.1 Å². The second-order valence-corrected chi connectivity index (χ2v) is 9.11. The number of halogens is 3. The second kappa shape index (κ2) is 8.54. The fourth-order valence-corrected chi connectivity index (χ4v) is 5.55. The highest BCUT2D eigenvalue weighted by molar-refractivity contribution is 7.89. The van der Waals surface area contributed by atoms with Crippen molar-refractivity contribution in [3.05, 3.63) is 46.8 Å². The van der Waals surface area contributed by atoms with E-state index in [-0.39, 0.29) is 48.9 Å². The van der Waals surface area contributed by atoms with E-state index in [1.165, 1.54) is 10.4 Å². The van der Waals surface area contributed by atoms with Crippen LogP contribution in [-0.4, -0.2) is 56.5 Å². The number of carbonyl (C=O) groups excluding carboxylic acids is 1. The van der Waals surface area contributed by atoms with Crippen LogP contribution in [0.25, 0.3) is 0 Å². The third kappa shape index (κ3) is 4.57. The molecular weight excluding hydrogens is 435 g/mol. The minimum Gasteiger partial charge on any atom is -0.461 e. The summed E-state index contributed by atoms with van der Waals surface area (Å²) < 4.78 is 71.7. The normalized spacial score (nSPS) is 15.9. The molecule has 0 spiro atoms. The van der Waals surface area contributed by atoms with Crippen LogP contribution >= 0.6 is 0 Å². The number of ether oxygens (including phenoxy) is 1. The van der Waals surface area contributed by atoms with Crippen molar-refractivity contribution in [1.29, 1.82) is 0 Å². The third-order valence-corrected chi connectivity index (χ3v) is 7.40. The van der Waals surface area contributed by atoms with Gasteiger partial charge in [0.25, 0.3) is 0 Å². The molecule has 0 atom stereocenters. The molecule has 3 rings (SSSR count). The average Bonchev–Trinajstić information content (AvgIpc) is 3.02. The highest BCUT2D eigenvalue weighted by Crippen LogP contribution is 2.32. The van der Waals surface area contributed by atoms with Gasteiger partial charge in [-0.05, 0) is 39.0 Å². The molecule has 11 heteroatoms. The predicted molar refractivity (Wildman–Crippen MR) is 109 cm³/mol. The number of benzene rings is 1. The van der Waals surface area contributed by atoms with Crippen LogP contribution < -0.4 is 4.90 Å². The van der Waals surface area contributed by atoms with Crippen LogP contribution in [0.3, 0.4) is 0 Å². The molecule has 0 radical (unpaired) electrons. The number of nitrogens with zero attached hydrogens (tertiary/aromatic N) is 2. The Morgan fingerprint density at radius 1 is 1.16 bits per heavy atom. The van der Waals surface area contributed by atoms with Crippen LogP contribution in [0.5, 0.6) is 0 Å². The van der Waals surface area contributed by atoms with Gasteiger partial charge in [-0.3, -0.25) is 0 Å². The van der Waals surface area contributed by atoms with Gasteiger partial charge in [-0.1, -0.05) is 6.07 Å². The molecule has 7 nitrogen and oxygen atoms in total. The second-order valence-electron chi connectivity index (χ2n) is 7.24. The zero-order valence-electron chi connectivity index (χ0n) is 17.4. The summed E-state index contributed by atoms with van der Waals surface area (Å²) in [5.74, 6) is -0.626. The smallest absolute Gasteiger partial charge is 0.416 e. The molecule has 2 aromatic rings. The van der Waals surface area contributed by atoms with Crippen molar-refractivity contribution in [1.82, 2.24) is 9.29 Å². The van der Waals surface area contributed by atoms with Crippen molar-refractivity contribution in [2.24, 2.45) is 0 Å². The molecule has 0 saturated carbocycles. The largest absolute Gasteiger partial charge is 0.461 e. The van der Waals surface area contributed by atoms with E-state index in [0.717, 1.165) is 12.1 Å². The van der Waals surface area contributed by atoms with Crippen molar-refractivity contribution in [3.63, 3.8) is 0 Å². The first-order valence-corrected chi connectivity index (χ1v) is 11.2. The maximum atomic E-state index is 13.2. The zero-order chi connectivity index (χ0) is 23.0. The summed E-state index contributed by atoms with van der Waals surface area (Å²) in [7, 11) is -3.90. The first-order chi connectivity index (χ1) is 14.5. The molecule has 170 valence electrons. The van der Waals surface area contributed by atoms with E-state index in [1.807, 2.05) is 0 Å². The topological polar surface area (TPSA) is 82.7 Å². The molecule has 1 fully saturated rings. The Labute approximate surface area is 178 Å². The van der Waals surface area contributed by atoms with Gasteiger partial charge in [-0.25, -0.2) is 13.2 Å². The van der Waals surface area contributed by atoms with Crippen LogP contribution in [0.15, 0.2) is 29.2 Å². The number of piperazine rings is 1. The molecule has 0 unspecified atom stereocenters. The lowest BCUT2D eigenvalue weighted by Crippen LogP contribution is -2.48. The molecule has 0 bridgehead atoms. The molecule has 2 heterocycles. The Hall–Kier alpha value is -2.53. The highest BCUT2D eigenvalue weighted by Gasteiger charge is 2.35. The summed E-state index contributed by atoms with van der Waals surface area (Å²) in [4.78, 5) is 16.6. The number of hydrogen-bond acceptors (Lipinski definition) is 5. The fourth-order valence-electron chi connectivity index (χ4n) is 3.72. The van der Waals surface area contributed by atoms with Crippen molar-refractivity contribution >= 4 is 21.7 Å². The molecule has 0 amide bonds. The number of alkyl halides is 3. The summed E-state index contributed by atoms with van der Waals surface area (Å²) >= 11 is 0. The Bertz CT molecular complexity index is 1070. The summed E-state index contributed by atoms with van der Waals surface area (Å²) in [6.45, 7) is 5.64.